The van der Waals surface area contributed by atoms with Gasteiger partial charge in [0.1, 0.15) is 6.61 Å². The van der Waals surface area contributed by atoms with Crippen molar-refractivity contribution in [2.75, 3.05) is 6.61 Å². The van der Waals surface area contributed by atoms with E-state index in [1.54, 1.807) is 0 Å². The fourth-order valence-corrected chi connectivity index (χ4v) is 0.742. The van der Waals surface area contributed by atoms with Gasteiger partial charge in [-0.05, 0) is 26.7 Å². The molecule has 0 heterocycles. The molecule has 0 aromatic rings. The summed E-state index contributed by atoms with van der Waals surface area (Å²) in [6, 6.07) is 0. The largest absolute Gasteiger partial charge is 0.396 e. The van der Waals surface area contributed by atoms with Gasteiger partial charge in [-0.15, -0.1) is 0 Å². The first-order valence-electron chi connectivity index (χ1n) is 3.51. The molecule has 0 aromatic heterocycles. The molecule has 0 amide bonds. The Morgan fingerprint density at radius 2 is 2.33 bits per heavy atom. The lowest BCUT2D eigenvalue weighted by Gasteiger charge is -1.94. The third kappa shape index (κ3) is 2.04. The number of rotatable bonds is 3. The highest BCUT2D eigenvalue weighted by Gasteiger charge is 2.24. The molecule has 2 heteroatoms. The molecule has 0 aromatic carbocycles. The Bertz CT molecular complexity index is 116. The maximum absolute atomic E-state index is 4.88. The Morgan fingerprint density at radius 3 is 2.78 bits per heavy atom. The third-order valence-corrected chi connectivity index (χ3v) is 1.51. The Labute approximate surface area is 55.9 Å². The predicted molar refractivity (Wildman–Crippen MR) is 37.5 cm³/mol. The molecule has 0 atom stereocenters. The van der Waals surface area contributed by atoms with Gasteiger partial charge in [0.2, 0.25) is 0 Å². The van der Waals surface area contributed by atoms with Crippen LogP contribution in [0.25, 0.3) is 0 Å². The van der Waals surface area contributed by atoms with Crippen LogP contribution in [0.3, 0.4) is 0 Å². The first-order chi connectivity index (χ1) is 4.34. The molecule has 1 aliphatic carbocycles. The Balaban J connectivity index is 2.20. The van der Waals surface area contributed by atoms with E-state index in [0.717, 1.165) is 11.6 Å². The van der Waals surface area contributed by atoms with Gasteiger partial charge in [-0.25, -0.2) is 0 Å². The van der Waals surface area contributed by atoms with Crippen molar-refractivity contribution in [1.29, 1.82) is 0 Å². The lowest BCUT2D eigenvalue weighted by atomic mass is 10.3. The van der Waals surface area contributed by atoms with Crippen molar-refractivity contribution in [1.82, 2.24) is 0 Å². The van der Waals surface area contributed by atoms with Crippen LogP contribution in [0.15, 0.2) is 5.16 Å². The van der Waals surface area contributed by atoms with E-state index in [1.165, 1.54) is 12.8 Å². The van der Waals surface area contributed by atoms with Crippen LogP contribution in [0.4, 0.5) is 0 Å². The monoisotopic (exact) mass is 127 g/mol. The number of hydrogen-bond acceptors (Lipinski definition) is 2. The van der Waals surface area contributed by atoms with E-state index >= 15 is 0 Å². The van der Waals surface area contributed by atoms with Crippen LogP contribution in [0, 0.1) is 5.92 Å². The second-order valence-electron chi connectivity index (χ2n) is 2.42. The zero-order chi connectivity index (χ0) is 6.69. The molecule has 0 unspecified atom stereocenters. The summed E-state index contributed by atoms with van der Waals surface area (Å²) in [6.07, 6.45) is 2.62. The number of nitrogens with zero attached hydrogens (tertiary/aromatic N) is 1. The van der Waals surface area contributed by atoms with E-state index in [2.05, 4.69) is 5.16 Å². The van der Waals surface area contributed by atoms with Crippen LogP contribution in [0.2, 0.25) is 0 Å². The minimum absolute atomic E-state index is 0.685. The van der Waals surface area contributed by atoms with Gasteiger partial charge in [0.25, 0.3) is 0 Å². The molecule has 1 aliphatic rings. The van der Waals surface area contributed by atoms with Gasteiger partial charge >= 0.3 is 0 Å². The summed E-state index contributed by atoms with van der Waals surface area (Å²) in [5, 5.41) is 3.92. The molecular formula is C7H13NO. The molecule has 0 N–H and O–H groups in total. The number of oxime groups is 1. The quantitative estimate of drug-likeness (QED) is 0.418. The fourth-order valence-electron chi connectivity index (χ4n) is 0.742. The highest BCUT2D eigenvalue weighted by atomic mass is 16.6. The lowest BCUT2D eigenvalue weighted by Crippen LogP contribution is -1.94. The average molecular weight is 127 g/mol. The van der Waals surface area contributed by atoms with Crippen LogP contribution < -0.4 is 0 Å². The van der Waals surface area contributed by atoms with Gasteiger partial charge in [0.15, 0.2) is 0 Å². The van der Waals surface area contributed by atoms with Crippen molar-refractivity contribution in [2.45, 2.75) is 26.7 Å². The van der Waals surface area contributed by atoms with Crippen molar-refractivity contribution in [3.8, 4) is 0 Å². The van der Waals surface area contributed by atoms with Gasteiger partial charge in [0.05, 0.1) is 5.71 Å². The van der Waals surface area contributed by atoms with Crippen LogP contribution >= 0.6 is 0 Å². The maximum Gasteiger partial charge on any atom is 0.114 e. The molecule has 52 valence electrons. The molecule has 1 rings (SSSR count). The van der Waals surface area contributed by atoms with Gasteiger partial charge in [-0.2, -0.15) is 0 Å². The van der Waals surface area contributed by atoms with E-state index < -0.39 is 0 Å². The minimum Gasteiger partial charge on any atom is -0.396 e. The standard InChI is InChI=1S/C7H13NO/c1-3-9-8-6(2)7-4-5-7/h7H,3-5H2,1-2H3/b8-6-. The predicted octanol–water partition coefficient (Wildman–Crippen LogP) is 1.81. The lowest BCUT2D eigenvalue weighted by molar-refractivity contribution is 0.157. The fraction of sp³-hybridized carbons (Fsp3) is 0.857. The second kappa shape index (κ2) is 2.85. The summed E-state index contributed by atoms with van der Waals surface area (Å²) in [5.41, 5.74) is 1.16. The minimum atomic E-state index is 0.685. The molecule has 0 aliphatic heterocycles. The molecule has 0 bridgehead atoms. The van der Waals surface area contributed by atoms with Crippen LogP contribution in [0.1, 0.15) is 26.7 Å². The second-order valence-corrected chi connectivity index (χ2v) is 2.42. The zero-order valence-electron chi connectivity index (χ0n) is 6.05. The summed E-state index contributed by atoms with van der Waals surface area (Å²) in [4.78, 5) is 4.88. The van der Waals surface area contributed by atoms with Gasteiger partial charge < -0.3 is 4.84 Å². The SMILES string of the molecule is CCO/N=C(/C)C1CC1. The molecule has 1 saturated carbocycles. The van der Waals surface area contributed by atoms with E-state index in [-0.39, 0.29) is 0 Å². The van der Waals surface area contributed by atoms with Crippen LogP contribution in [-0.2, 0) is 4.84 Å². The molecule has 0 radical (unpaired) electrons. The Morgan fingerprint density at radius 1 is 1.67 bits per heavy atom. The maximum atomic E-state index is 4.88. The highest BCUT2D eigenvalue weighted by molar-refractivity contribution is 5.85. The van der Waals surface area contributed by atoms with Crippen LogP contribution in [0.5, 0.6) is 0 Å². The highest BCUT2D eigenvalue weighted by Crippen LogP contribution is 2.30. The van der Waals surface area contributed by atoms with Crippen LogP contribution in [-0.4, -0.2) is 12.3 Å². The topological polar surface area (TPSA) is 21.6 Å². The van der Waals surface area contributed by atoms with Crippen molar-refractivity contribution in [3.05, 3.63) is 0 Å². The van der Waals surface area contributed by atoms with Crippen molar-refractivity contribution >= 4 is 5.71 Å². The van der Waals surface area contributed by atoms with Crippen molar-refractivity contribution in [3.63, 3.8) is 0 Å². The van der Waals surface area contributed by atoms with E-state index in [0.29, 0.717) is 6.61 Å². The van der Waals surface area contributed by atoms with Gasteiger partial charge in [0, 0.05) is 5.92 Å². The van der Waals surface area contributed by atoms with E-state index in [9.17, 15) is 0 Å². The zero-order valence-corrected chi connectivity index (χ0v) is 6.05. The van der Waals surface area contributed by atoms with Crippen molar-refractivity contribution in [2.24, 2.45) is 11.1 Å². The molecular weight excluding hydrogens is 114 g/mol. The number of hydrogen-bond donors (Lipinski definition) is 0. The summed E-state index contributed by atoms with van der Waals surface area (Å²) in [5.74, 6) is 0.747. The smallest absolute Gasteiger partial charge is 0.114 e. The normalized spacial score (nSPS) is 20.0. The summed E-state index contributed by atoms with van der Waals surface area (Å²) >= 11 is 0. The van der Waals surface area contributed by atoms with Gasteiger partial charge in [-0.1, -0.05) is 5.16 Å². The molecule has 1 fully saturated rings. The molecule has 0 spiro atoms. The first kappa shape index (κ1) is 6.59. The first-order valence-corrected chi connectivity index (χ1v) is 3.51. The Kier molecular flexibility index (Phi) is 2.09. The summed E-state index contributed by atoms with van der Waals surface area (Å²) in [7, 11) is 0. The average Bonchev–Trinajstić information content (AvgIpc) is 2.63. The summed E-state index contributed by atoms with van der Waals surface area (Å²) in [6.45, 7) is 4.67. The van der Waals surface area contributed by atoms with E-state index in [4.69, 9.17) is 4.84 Å². The van der Waals surface area contributed by atoms with E-state index in [1.807, 2.05) is 13.8 Å². The molecule has 0 saturated heterocycles. The molecule has 2 nitrogen and oxygen atoms in total. The van der Waals surface area contributed by atoms with Crippen molar-refractivity contribution < 1.29 is 4.84 Å². The molecule has 9 heavy (non-hydrogen) atoms. The third-order valence-electron chi connectivity index (χ3n) is 1.51. The van der Waals surface area contributed by atoms with Gasteiger partial charge in [-0.3, -0.25) is 0 Å². The Hall–Kier alpha value is -0.530. The summed E-state index contributed by atoms with van der Waals surface area (Å²) < 4.78 is 0.